The number of rotatable bonds is 7. The fourth-order valence-electron chi connectivity index (χ4n) is 1.70. The Hall–Kier alpha value is -1.55. The summed E-state index contributed by atoms with van der Waals surface area (Å²) in [7, 11) is 0. The van der Waals surface area contributed by atoms with Crippen LogP contribution in [0.15, 0.2) is 24.3 Å². The van der Waals surface area contributed by atoms with E-state index in [9.17, 15) is 4.79 Å². The Labute approximate surface area is 108 Å². The fourth-order valence-corrected chi connectivity index (χ4v) is 1.70. The number of carboxylic acids is 1. The first-order chi connectivity index (χ1) is 8.52. The molecule has 0 spiro atoms. The smallest absolute Gasteiger partial charge is 0.320 e. The predicted octanol–water partition coefficient (Wildman–Crippen LogP) is 2.07. The van der Waals surface area contributed by atoms with E-state index in [0.29, 0.717) is 13.2 Å². The van der Waals surface area contributed by atoms with E-state index in [0.717, 1.165) is 11.3 Å². The van der Waals surface area contributed by atoms with Gasteiger partial charge < -0.3 is 15.2 Å². The number of aliphatic carboxylic acids is 1. The Kier molecular flexibility index (Phi) is 5.65. The summed E-state index contributed by atoms with van der Waals surface area (Å²) in [6.07, 6.45) is 0. The molecule has 100 valence electrons. The Morgan fingerprint density at radius 3 is 2.61 bits per heavy atom. The molecule has 0 fully saturated rings. The lowest BCUT2D eigenvalue weighted by Gasteiger charge is -2.18. The number of nitrogens with one attached hydrogen (secondary N) is 1. The number of aryl methyl sites for hydroxylation is 1. The van der Waals surface area contributed by atoms with Crippen molar-refractivity contribution in [3.05, 3.63) is 29.8 Å². The lowest BCUT2D eigenvalue weighted by molar-refractivity contribution is -0.140. The van der Waals surface area contributed by atoms with E-state index in [1.807, 2.05) is 45.0 Å². The number of benzene rings is 1. The number of hydrogen-bond donors (Lipinski definition) is 2. The lowest BCUT2D eigenvalue weighted by Crippen LogP contribution is -2.42. The minimum absolute atomic E-state index is 0.0564. The van der Waals surface area contributed by atoms with E-state index >= 15 is 0 Å². The standard InChI is InChI=1S/C14H21NO3/c1-10(2)13(14(16)17)15-8-9-18-12-7-5-4-6-11(12)3/h4-7,10,13,15H,8-9H2,1-3H3,(H,16,17). The number of para-hydroxylation sites is 1. The zero-order valence-electron chi connectivity index (χ0n) is 11.1. The molecule has 1 atom stereocenters. The largest absolute Gasteiger partial charge is 0.492 e. The number of ether oxygens (including phenoxy) is 1. The van der Waals surface area contributed by atoms with Crippen LogP contribution < -0.4 is 10.1 Å². The quantitative estimate of drug-likeness (QED) is 0.728. The summed E-state index contributed by atoms with van der Waals surface area (Å²) in [5.41, 5.74) is 1.08. The van der Waals surface area contributed by atoms with Crippen molar-refractivity contribution in [1.29, 1.82) is 0 Å². The number of carboxylic acid groups (broad SMARTS) is 1. The van der Waals surface area contributed by atoms with Crippen LogP contribution in [0.3, 0.4) is 0 Å². The Bertz CT molecular complexity index is 390. The summed E-state index contributed by atoms with van der Waals surface area (Å²) >= 11 is 0. The van der Waals surface area contributed by atoms with Crippen molar-refractivity contribution in [2.75, 3.05) is 13.2 Å². The minimum Gasteiger partial charge on any atom is -0.492 e. The normalized spacial score (nSPS) is 12.4. The molecule has 1 aromatic rings. The Balaban J connectivity index is 2.34. The molecule has 1 aromatic carbocycles. The first-order valence-electron chi connectivity index (χ1n) is 6.17. The third-order valence-corrected chi connectivity index (χ3v) is 2.75. The minimum atomic E-state index is -0.819. The van der Waals surface area contributed by atoms with E-state index in [4.69, 9.17) is 9.84 Å². The van der Waals surface area contributed by atoms with Crippen LogP contribution in [-0.4, -0.2) is 30.3 Å². The highest BCUT2D eigenvalue weighted by Crippen LogP contribution is 2.15. The molecule has 4 nitrogen and oxygen atoms in total. The molecule has 0 heterocycles. The van der Waals surface area contributed by atoms with Crippen LogP contribution in [-0.2, 0) is 4.79 Å². The van der Waals surface area contributed by atoms with Crippen LogP contribution in [0.5, 0.6) is 5.75 Å². The van der Waals surface area contributed by atoms with Crippen molar-refractivity contribution in [2.24, 2.45) is 5.92 Å². The average Bonchev–Trinajstić information content (AvgIpc) is 2.30. The van der Waals surface area contributed by atoms with Gasteiger partial charge in [0.2, 0.25) is 0 Å². The molecule has 1 rings (SSSR count). The zero-order valence-corrected chi connectivity index (χ0v) is 11.1. The van der Waals surface area contributed by atoms with Gasteiger partial charge >= 0.3 is 5.97 Å². The first-order valence-corrected chi connectivity index (χ1v) is 6.17. The second-order valence-electron chi connectivity index (χ2n) is 4.63. The molecule has 0 aliphatic carbocycles. The molecule has 0 aromatic heterocycles. The number of hydrogen-bond acceptors (Lipinski definition) is 3. The van der Waals surface area contributed by atoms with Gasteiger partial charge in [-0.1, -0.05) is 32.0 Å². The van der Waals surface area contributed by atoms with Gasteiger partial charge in [-0.2, -0.15) is 0 Å². The molecular weight excluding hydrogens is 230 g/mol. The van der Waals surface area contributed by atoms with Crippen molar-refractivity contribution in [1.82, 2.24) is 5.32 Å². The van der Waals surface area contributed by atoms with Gasteiger partial charge in [-0.15, -0.1) is 0 Å². The summed E-state index contributed by atoms with van der Waals surface area (Å²) < 4.78 is 5.59. The highest BCUT2D eigenvalue weighted by atomic mass is 16.5. The molecule has 1 unspecified atom stereocenters. The van der Waals surface area contributed by atoms with Crippen molar-refractivity contribution in [2.45, 2.75) is 26.8 Å². The molecule has 0 saturated heterocycles. The topological polar surface area (TPSA) is 58.6 Å². The summed E-state index contributed by atoms with van der Waals surface area (Å²) in [4.78, 5) is 11.0. The summed E-state index contributed by atoms with van der Waals surface area (Å²) in [6.45, 7) is 6.73. The van der Waals surface area contributed by atoms with Crippen molar-refractivity contribution < 1.29 is 14.6 Å². The first kappa shape index (κ1) is 14.5. The van der Waals surface area contributed by atoms with Crippen LogP contribution in [0.4, 0.5) is 0 Å². The lowest BCUT2D eigenvalue weighted by atomic mass is 10.1. The van der Waals surface area contributed by atoms with Gasteiger partial charge in [0.1, 0.15) is 18.4 Å². The van der Waals surface area contributed by atoms with E-state index in [2.05, 4.69) is 5.32 Å². The number of carbonyl (C=O) groups is 1. The maximum Gasteiger partial charge on any atom is 0.320 e. The van der Waals surface area contributed by atoms with Gasteiger partial charge in [0, 0.05) is 6.54 Å². The molecule has 0 aliphatic rings. The fraction of sp³-hybridized carbons (Fsp3) is 0.500. The molecule has 0 radical (unpaired) electrons. The van der Waals surface area contributed by atoms with Gasteiger partial charge in [0.25, 0.3) is 0 Å². The van der Waals surface area contributed by atoms with Gasteiger partial charge in [-0.3, -0.25) is 4.79 Å². The Morgan fingerprint density at radius 1 is 1.39 bits per heavy atom. The van der Waals surface area contributed by atoms with E-state index < -0.39 is 12.0 Å². The average molecular weight is 251 g/mol. The monoisotopic (exact) mass is 251 g/mol. The SMILES string of the molecule is Cc1ccccc1OCCNC(C(=O)O)C(C)C. The molecule has 0 amide bonds. The van der Waals surface area contributed by atoms with Crippen LogP contribution in [0, 0.1) is 12.8 Å². The second kappa shape index (κ2) is 7.01. The summed E-state index contributed by atoms with van der Waals surface area (Å²) in [6, 6.07) is 7.25. The van der Waals surface area contributed by atoms with Gasteiger partial charge in [-0.25, -0.2) is 0 Å². The predicted molar refractivity (Wildman–Crippen MR) is 70.9 cm³/mol. The maximum absolute atomic E-state index is 11.0. The molecule has 18 heavy (non-hydrogen) atoms. The highest BCUT2D eigenvalue weighted by Gasteiger charge is 2.19. The maximum atomic E-state index is 11.0. The third kappa shape index (κ3) is 4.37. The van der Waals surface area contributed by atoms with E-state index in [-0.39, 0.29) is 5.92 Å². The van der Waals surface area contributed by atoms with E-state index in [1.54, 1.807) is 0 Å². The van der Waals surface area contributed by atoms with Crippen LogP contribution >= 0.6 is 0 Å². The van der Waals surface area contributed by atoms with Crippen LogP contribution in [0.1, 0.15) is 19.4 Å². The van der Waals surface area contributed by atoms with Gasteiger partial charge in [-0.05, 0) is 24.5 Å². The van der Waals surface area contributed by atoms with Crippen LogP contribution in [0.2, 0.25) is 0 Å². The van der Waals surface area contributed by atoms with Crippen molar-refractivity contribution in [3.63, 3.8) is 0 Å². The molecule has 0 bridgehead atoms. The van der Waals surface area contributed by atoms with Gasteiger partial charge in [0.05, 0.1) is 0 Å². The molecule has 0 saturated carbocycles. The van der Waals surface area contributed by atoms with Crippen LogP contribution in [0.25, 0.3) is 0 Å². The highest BCUT2D eigenvalue weighted by molar-refractivity contribution is 5.73. The Morgan fingerprint density at radius 2 is 2.06 bits per heavy atom. The molecule has 2 N–H and O–H groups in total. The van der Waals surface area contributed by atoms with E-state index in [1.165, 1.54) is 0 Å². The van der Waals surface area contributed by atoms with Gasteiger partial charge in [0.15, 0.2) is 0 Å². The zero-order chi connectivity index (χ0) is 13.5. The van der Waals surface area contributed by atoms with Crippen molar-refractivity contribution in [3.8, 4) is 5.75 Å². The van der Waals surface area contributed by atoms with Crippen molar-refractivity contribution >= 4 is 5.97 Å². The summed E-state index contributed by atoms with van der Waals surface area (Å²) in [5, 5.41) is 12.0. The molecular formula is C14H21NO3. The molecule has 4 heteroatoms. The third-order valence-electron chi connectivity index (χ3n) is 2.75. The summed E-state index contributed by atoms with van der Waals surface area (Å²) in [5.74, 6) is 0.0811. The second-order valence-corrected chi connectivity index (χ2v) is 4.63. The molecule has 0 aliphatic heterocycles.